The van der Waals surface area contributed by atoms with Crippen molar-refractivity contribution >= 4 is 50.5 Å². The largest absolute Gasteiger partial charge is 0 e. The van der Waals surface area contributed by atoms with Gasteiger partial charge in [0.25, 0.3) is 0 Å². The fourth-order valence-electron chi connectivity index (χ4n) is 8.58. The smallest absolute Gasteiger partial charge is 0 e. The topological polar surface area (TPSA) is 51.8 Å². The molecule has 6 heteroatoms. The van der Waals surface area contributed by atoms with Crippen LogP contribution in [0.5, 0.6) is 0 Å². The summed E-state index contributed by atoms with van der Waals surface area (Å²) in [5, 5.41) is 4.48. The zero-order valence-corrected chi connectivity index (χ0v) is 36.9. The molecular weight excluding hydrogens is 899 g/mol. The van der Waals surface area contributed by atoms with Crippen molar-refractivity contribution in [1.82, 2.24) is 15.0 Å². The second-order valence-corrected chi connectivity index (χ2v) is 27.2. The number of hydrogen-bond donors (Lipinski definition) is 0. The van der Waals surface area contributed by atoms with Crippen LogP contribution in [0, 0.1) is 37.8 Å². The molecule has 7 aromatic rings. The molecule has 2 fully saturated rings. The molecule has 0 N–H and O–H groups in total. The van der Waals surface area contributed by atoms with E-state index in [1.54, 1.807) is 9.96 Å². The maximum absolute atomic E-state index is 5.88. The molecule has 1 radical (unpaired) electrons. The molecule has 4 nitrogen and oxygen atoms in total. The van der Waals surface area contributed by atoms with E-state index in [1.165, 1.54) is 86.1 Å². The Morgan fingerprint density at radius 3 is 2.09 bits per heavy atom. The Morgan fingerprint density at radius 2 is 1.39 bits per heavy atom. The third kappa shape index (κ3) is 8.59. The van der Waals surface area contributed by atoms with Crippen molar-refractivity contribution in [3.8, 4) is 22.5 Å². The maximum atomic E-state index is 5.88. The van der Waals surface area contributed by atoms with Crippen LogP contribution in [-0.4, -0.2) is 28.2 Å². The Kier molecular flexibility index (Phi) is 11.9. The number of nitrogens with zero attached hydrogens (tertiary/aromatic N) is 3. The summed E-state index contributed by atoms with van der Waals surface area (Å²) >= 11 is -1.92. The fourth-order valence-corrected chi connectivity index (χ4v) is 11.9. The van der Waals surface area contributed by atoms with Gasteiger partial charge in [0.05, 0.1) is 5.58 Å². The number of rotatable bonds is 7. The molecule has 4 aromatic heterocycles. The summed E-state index contributed by atoms with van der Waals surface area (Å²) in [6.07, 6.45) is 17.8. The van der Waals surface area contributed by atoms with E-state index in [9.17, 15) is 0 Å². The second kappa shape index (κ2) is 16.6. The third-order valence-electron chi connectivity index (χ3n) is 11.6. The fraction of sp³-hybridized carbons (Fsp3) is 0.354. The number of fused-ring (bicyclic) bond motifs is 4. The molecule has 2 saturated carbocycles. The average molecular weight is 951 g/mol. The summed E-state index contributed by atoms with van der Waals surface area (Å²) in [6, 6.07) is 32.5. The molecule has 0 aliphatic heterocycles. The van der Waals surface area contributed by atoms with Gasteiger partial charge < -0.3 is 4.42 Å². The van der Waals surface area contributed by atoms with E-state index >= 15 is 0 Å². The molecule has 0 saturated heterocycles. The second-order valence-electron chi connectivity index (χ2n) is 16.7. The summed E-state index contributed by atoms with van der Waals surface area (Å²) in [5.74, 6) is 9.16. The number of aryl methyl sites for hydroxylation is 2. The minimum atomic E-state index is -1.92. The first kappa shape index (κ1) is 38.6. The molecule has 0 spiro atoms. The van der Waals surface area contributed by atoms with Gasteiger partial charge in [-0.3, -0.25) is 4.98 Å². The SMILES string of the molecule is Cc1ccc2c(n1)oc1ccc(-c3cc(C)c(CC4CCCC4)cn3)[c-]c12.[CH3][Ge]([CH3])([CH3])[c]1cnc(-c2[c-]cc3ccccc3c2)cc1CC1CCCC1.[Ir]. The molecule has 0 bridgehead atoms. The van der Waals surface area contributed by atoms with Crippen LogP contribution >= 0.6 is 0 Å². The van der Waals surface area contributed by atoms with Crippen LogP contribution in [0.15, 0.2) is 89.6 Å². The van der Waals surface area contributed by atoms with Crippen LogP contribution in [0.1, 0.15) is 73.8 Å². The summed E-state index contributed by atoms with van der Waals surface area (Å²) in [6.45, 7) is 4.18. The number of pyridine rings is 3. The van der Waals surface area contributed by atoms with Crippen LogP contribution in [0.2, 0.25) is 17.3 Å². The average Bonchev–Trinajstić information content (AvgIpc) is 3.94. The van der Waals surface area contributed by atoms with E-state index in [0.717, 1.165) is 56.4 Å². The Balaban J connectivity index is 0.000000164. The maximum Gasteiger partial charge on any atom is 0 e. The predicted octanol–water partition coefficient (Wildman–Crippen LogP) is 12.2. The van der Waals surface area contributed by atoms with Gasteiger partial charge in [-0.25, -0.2) is 4.98 Å². The van der Waals surface area contributed by atoms with E-state index in [-0.39, 0.29) is 20.1 Å². The first-order valence-corrected chi connectivity index (χ1v) is 27.1. The van der Waals surface area contributed by atoms with Crippen LogP contribution in [-0.2, 0) is 32.9 Å². The van der Waals surface area contributed by atoms with Crippen LogP contribution in [0.4, 0.5) is 0 Å². The summed E-state index contributed by atoms with van der Waals surface area (Å²) in [5.41, 5.74) is 10.9. The number of furan rings is 1. The molecule has 0 atom stereocenters. The van der Waals surface area contributed by atoms with Crippen molar-refractivity contribution in [2.75, 3.05) is 0 Å². The molecular formula is C48H51GeIrN3O-2. The van der Waals surface area contributed by atoms with Crippen molar-refractivity contribution in [1.29, 1.82) is 0 Å². The van der Waals surface area contributed by atoms with Gasteiger partial charge in [-0.15, -0.1) is 12.1 Å². The molecule has 279 valence electrons. The van der Waals surface area contributed by atoms with Gasteiger partial charge in [-0.2, -0.15) is 0 Å². The number of hydrogen-bond acceptors (Lipinski definition) is 4. The van der Waals surface area contributed by atoms with Gasteiger partial charge in [0.1, 0.15) is 0 Å². The molecule has 54 heavy (non-hydrogen) atoms. The Labute approximate surface area is 337 Å². The van der Waals surface area contributed by atoms with Crippen molar-refractivity contribution in [3.05, 3.63) is 120 Å². The van der Waals surface area contributed by atoms with E-state index in [4.69, 9.17) is 14.4 Å². The monoisotopic (exact) mass is 952 g/mol. The van der Waals surface area contributed by atoms with Crippen molar-refractivity contribution < 1.29 is 24.5 Å². The van der Waals surface area contributed by atoms with Gasteiger partial charge in [0, 0.05) is 37.7 Å². The van der Waals surface area contributed by atoms with Gasteiger partial charge in [0.2, 0.25) is 0 Å². The van der Waals surface area contributed by atoms with Crippen LogP contribution < -0.4 is 4.40 Å². The third-order valence-corrected chi connectivity index (χ3v) is 15.9. The zero-order valence-electron chi connectivity index (χ0n) is 32.4. The first-order valence-electron chi connectivity index (χ1n) is 19.8. The molecule has 0 unspecified atom stereocenters. The minimum absolute atomic E-state index is 0. The Morgan fingerprint density at radius 1 is 0.722 bits per heavy atom. The van der Waals surface area contributed by atoms with Gasteiger partial charge in [-0.05, 0) is 43.2 Å². The molecule has 9 rings (SSSR count). The van der Waals surface area contributed by atoms with Gasteiger partial charge in [-0.1, -0.05) is 60.4 Å². The quantitative estimate of drug-likeness (QED) is 0.118. The van der Waals surface area contributed by atoms with E-state index in [0.29, 0.717) is 5.71 Å². The number of aromatic nitrogens is 3. The van der Waals surface area contributed by atoms with Crippen molar-refractivity contribution in [2.24, 2.45) is 11.8 Å². The van der Waals surface area contributed by atoms with E-state index in [2.05, 4.69) is 108 Å². The standard InChI is InChI=1S/C24H28GeN.C24H23N2O.Ir/c1-25(2,3)23-17-26-24(16-22(23)14-18-8-4-5-9-18)21-13-12-19-10-6-7-11-20(19)15-21;1-15-11-22(25-14-19(15)12-17-5-3-4-6-17)18-8-10-23-21(13-18)20-9-7-16(2)26-24(20)27-23;/h6-7,10-12,15-18H,4-5,8-9,14H2,1-3H3;7-11,14,17H,3-6,12H2,1-2H3;/q2*-1;. The molecule has 2 aliphatic carbocycles. The molecule has 3 aromatic carbocycles. The van der Waals surface area contributed by atoms with Gasteiger partial charge in [0.15, 0.2) is 5.71 Å². The van der Waals surface area contributed by atoms with Crippen LogP contribution in [0.25, 0.3) is 55.4 Å². The Hall–Kier alpha value is -3.64. The van der Waals surface area contributed by atoms with Crippen molar-refractivity contribution in [3.63, 3.8) is 0 Å². The zero-order chi connectivity index (χ0) is 36.5. The summed E-state index contributed by atoms with van der Waals surface area (Å²) < 4.78 is 7.46. The normalized spacial score (nSPS) is 15.1. The van der Waals surface area contributed by atoms with Gasteiger partial charge >= 0.3 is 160 Å². The number of benzene rings is 3. The summed E-state index contributed by atoms with van der Waals surface area (Å²) in [4.78, 5) is 14.1. The predicted molar refractivity (Wildman–Crippen MR) is 223 cm³/mol. The summed E-state index contributed by atoms with van der Waals surface area (Å²) in [7, 11) is 0. The van der Waals surface area contributed by atoms with E-state index in [1.807, 2.05) is 25.1 Å². The minimum Gasteiger partial charge on any atom is 0 e. The molecule has 4 heterocycles. The molecule has 0 amide bonds. The first-order chi connectivity index (χ1) is 25.7. The van der Waals surface area contributed by atoms with Crippen molar-refractivity contribution in [2.45, 2.75) is 95.3 Å². The van der Waals surface area contributed by atoms with E-state index < -0.39 is 13.3 Å². The van der Waals surface area contributed by atoms with Crippen LogP contribution in [0.3, 0.4) is 0 Å². The molecule has 2 aliphatic rings. The Bertz CT molecular complexity index is 2400.